The number of carbonyl (C=O) groups excluding carboxylic acids is 1. The first kappa shape index (κ1) is 13.8. The molecule has 108 valence electrons. The molecule has 3 aromatic rings. The maximum Gasteiger partial charge on any atom is 0.352 e. The van der Waals surface area contributed by atoms with Gasteiger partial charge in [0.15, 0.2) is 5.56 Å². The zero-order valence-electron chi connectivity index (χ0n) is 11.5. The van der Waals surface area contributed by atoms with Crippen molar-refractivity contribution in [2.24, 2.45) is 0 Å². The summed E-state index contributed by atoms with van der Waals surface area (Å²) < 4.78 is 5.15. The van der Waals surface area contributed by atoms with Crippen LogP contribution in [0.1, 0.15) is 15.9 Å². The number of hydrogen-bond acceptors (Lipinski definition) is 5. The molecule has 1 heterocycles. The highest BCUT2D eigenvalue weighted by Crippen LogP contribution is 2.19. The number of carbonyl (C=O) groups is 1. The van der Waals surface area contributed by atoms with Crippen molar-refractivity contribution >= 4 is 11.6 Å². The second-order valence-electron chi connectivity index (χ2n) is 4.63. The summed E-state index contributed by atoms with van der Waals surface area (Å²) in [5, 5.41) is 0. The highest BCUT2D eigenvalue weighted by molar-refractivity contribution is 6.11. The Morgan fingerprint density at radius 3 is 2.14 bits per heavy atom. The Bertz CT molecular complexity index is 871. The quantitative estimate of drug-likeness (QED) is 0.749. The lowest BCUT2D eigenvalue weighted by molar-refractivity contribution is 0.103. The highest BCUT2D eigenvalue weighted by atomic mass is 16.4. The number of anilines is 1. The van der Waals surface area contributed by atoms with Crippen molar-refractivity contribution in [2.45, 2.75) is 0 Å². The van der Waals surface area contributed by atoms with Gasteiger partial charge in [-0.3, -0.25) is 4.79 Å². The van der Waals surface area contributed by atoms with Crippen LogP contribution in [0.15, 0.2) is 69.9 Å². The molecule has 0 spiro atoms. The van der Waals surface area contributed by atoms with Gasteiger partial charge in [-0.1, -0.05) is 48.5 Å². The zero-order chi connectivity index (χ0) is 15.5. The molecular formula is C17H12N2O3. The fraction of sp³-hybridized carbons (Fsp3) is 0. The molecule has 3 rings (SSSR count). The average molecular weight is 292 g/mol. The van der Waals surface area contributed by atoms with E-state index >= 15 is 0 Å². The number of rotatable bonds is 3. The Kier molecular flexibility index (Phi) is 3.53. The zero-order valence-corrected chi connectivity index (χ0v) is 11.5. The lowest BCUT2D eigenvalue weighted by atomic mass is 10.1. The first-order chi connectivity index (χ1) is 10.7. The van der Waals surface area contributed by atoms with Crippen LogP contribution >= 0.6 is 0 Å². The van der Waals surface area contributed by atoms with Crippen LogP contribution in [0.4, 0.5) is 5.82 Å². The van der Waals surface area contributed by atoms with Gasteiger partial charge in [-0.15, -0.1) is 0 Å². The summed E-state index contributed by atoms with van der Waals surface area (Å²) in [7, 11) is 0. The molecule has 2 aromatic carbocycles. The lowest BCUT2D eigenvalue weighted by Gasteiger charge is -2.05. The molecule has 0 unspecified atom stereocenters. The SMILES string of the molecule is Nc1nc(-c2ccccc2)oc(=O)c1C(=O)c1ccccc1. The van der Waals surface area contributed by atoms with Crippen molar-refractivity contribution in [2.75, 3.05) is 5.73 Å². The molecule has 0 fully saturated rings. The highest BCUT2D eigenvalue weighted by Gasteiger charge is 2.20. The molecule has 0 saturated heterocycles. The smallest absolute Gasteiger partial charge is 0.352 e. The predicted molar refractivity (Wildman–Crippen MR) is 82.5 cm³/mol. The van der Waals surface area contributed by atoms with E-state index in [0.717, 1.165) is 0 Å². The van der Waals surface area contributed by atoms with Crippen LogP contribution in [0.3, 0.4) is 0 Å². The normalized spacial score (nSPS) is 10.4. The Balaban J connectivity index is 2.08. The Hall–Kier alpha value is -3.21. The van der Waals surface area contributed by atoms with Gasteiger partial charge in [0.1, 0.15) is 5.82 Å². The molecule has 2 N–H and O–H groups in total. The van der Waals surface area contributed by atoms with Gasteiger partial charge in [0.05, 0.1) is 0 Å². The van der Waals surface area contributed by atoms with Crippen LogP contribution < -0.4 is 11.4 Å². The van der Waals surface area contributed by atoms with Gasteiger partial charge in [0.2, 0.25) is 11.7 Å². The predicted octanol–water partition coefficient (Wildman–Crippen LogP) is 2.52. The van der Waals surface area contributed by atoms with E-state index in [1.807, 2.05) is 6.07 Å². The largest absolute Gasteiger partial charge is 0.403 e. The minimum Gasteiger partial charge on any atom is -0.403 e. The molecule has 0 bridgehead atoms. The standard InChI is InChI=1S/C17H12N2O3/c18-15-13(14(20)11-7-3-1-4-8-11)17(21)22-16(19-15)12-9-5-2-6-10-12/h1-10H,18H2. The van der Waals surface area contributed by atoms with Crippen molar-refractivity contribution in [3.8, 4) is 11.5 Å². The Labute approximate surface area is 126 Å². The summed E-state index contributed by atoms with van der Waals surface area (Å²) in [5.41, 5.74) is 5.74. The van der Waals surface area contributed by atoms with Gasteiger partial charge < -0.3 is 10.2 Å². The van der Waals surface area contributed by atoms with Gasteiger partial charge in [-0.2, -0.15) is 4.98 Å². The number of hydrogen-bond donors (Lipinski definition) is 1. The third-order valence-electron chi connectivity index (χ3n) is 3.16. The van der Waals surface area contributed by atoms with Crippen LogP contribution in [-0.4, -0.2) is 10.8 Å². The molecule has 0 amide bonds. The molecular weight excluding hydrogens is 280 g/mol. The second kappa shape index (κ2) is 5.65. The number of nitrogen functional groups attached to an aromatic ring is 1. The maximum absolute atomic E-state index is 12.4. The Morgan fingerprint density at radius 2 is 1.55 bits per heavy atom. The second-order valence-corrected chi connectivity index (χ2v) is 4.63. The van der Waals surface area contributed by atoms with E-state index in [-0.39, 0.29) is 17.3 Å². The molecule has 0 aliphatic carbocycles. The van der Waals surface area contributed by atoms with Crippen molar-refractivity contribution in [1.82, 2.24) is 4.98 Å². The molecule has 5 heteroatoms. The molecule has 5 nitrogen and oxygen atoms in total. The summed E-state index contributed by atoms with van der Waals surface area (Å²) in [6.07, 6.45) is 0. The number of ketones is 1. The summed E-state index contributed by atoms with van der Waals surface area (Å²) in [6.45, 7) is 0. The molecule has 0 saturated carbocycles. The van der Waals surface area contributed by atoms with Gasteiger partial charge in [0, 0.05) is 11.1 Å². The minimum atomic E-state index is -0.791. The van der Waals surface area contributed by atoms with Crippen LogP contribution in [0.25, 0.3) is 11.5 Å². The van der Waals surface area contributed by atoms with Crippen LogP contribution in [-0.2, 0) is 0 Å². The number of aromatic nitrogens is 1. The van der Waals surface area contributed by atoms with Crippen LogP contribution in [0.5, 0.6) is 0 Å². The fourth-order valence-electron chi connectivity index (χ4n) is 2.08. The Morgan fingerprint density at radius 1 is 0.955 bits per heavy atom. The fourth-order valence-corrected chi connectivity index (χ4v) is 2.08. The van der Waals surface area contributed by atoms with Gasteiger partial charge in [0.25, 0.3) is 0 Å². The van der Waals surface area contributed by atoms with E-state index in [1.165, 1.54) is 0 Å². The molecule has 1 aromatic heterocycles. The third kappa shape index (κ3) is 2.52. The first-order valence-corrected chi connectivity index (χ1v) is 6.62. The first-order valence-electron chi connectivity index (χ1n) is 6.62. The summed E-state index contributed by atoms with van der Waals surface area (Å²) >= 11 is 0. The summed E-state index contributed by atoms with van der Waals surface area (Å²) in [4.78, 5) is 28.5. The van der Waals surface area contributed by atoms with E-state index in [0.29, 0.717) is 11.1 Å². The molecule has 0 radical (unpaired) electrons. The number of benzene rings is 2. The van der Waals surface area contributed by atoms with Crippen molar-refractivity contribution < 1.29 is 9.21 Å². The van der Waals surface area contributed by atoms with Crippen molar-refractivity contribution in [3.63, 3.8) is 0 Å². The molecule has 0 atom stereocenters. The van der Waals surface area contributed by atoms with Crippen LogP contribution in [0, 0.1) is 0 Å². The maximum atomic E-state index is 12.4. The van der Waals surface area contributed by atoms with E-state index in [1.54, 1.807) is 54.6 Å². The lowest BCUT2D eigenvalue weighted by Crippen LogP contribution is -2.19. The van der Waals surface area contributed by atoms with Gasteiger partial charge in [-0.05, 0) is 12.1 Å². The van der Waals surface area contributed by atoms with Gasteiger partial charge in [-0.25, -0.2) is 4.79 Å². The summed E-state index contributed by atoms with van der Waals surface area (Å²) in [6, 6.07) is 17.3. The number of nitrogens with two attached hydrogens (primary N) is 1. The van der Waals surface area contributed by atoms with Crippen molar-refractivity contribution in [3.05, 3.63) is 82.2 Å². The summed E-state index contributed by atoms with van der Waals surface area (Å²) in [5.74, 6) is -0.546. The van der Waals surface area contributed by atoms with E-state index in [9.17, 15) is 9.59 Å². The molecule has 0 aliphatic rings. The minimum absolute atomic E-state index is 0.0905. The monoisotopic (exact) mass is 292 g/mol. The third-order valence-corrected chi connectivity index (χ3v) is 3.16. The van der Waals surface area contributed by atoms with E-state index in [2.05, 4.69) is 4.98 Å². The topological polar surface area (TPSA) is 86.2 Å². The number of nitrogens with zero attached hydrogens (tertiary/aromatic N) is 1. The van der Waals surface area contributed by atoms with Crippen molar-refractivity contribution in [1.29, 1.82) is 0 Å². The molecule has 22 heavy (non-hydrogen) atoms. The van der Waals surface area contributed by atoms with Crippen LogP contribution in [0.2, 0.25) is 0 Å². The van der Waals surface area contributed by atoms with E-state index < -0.39 is 11.4 Å². The molecule has 0 aliphatic heterocycles. The van der Waals surface area contributed by atoms with Gasteiger partial charge >= 0.3 is 5.63 Å². The average Bonchev–Trinajstić information content (AvgIpc) is 2.55. The van der Waals surface area contributed by atoms with E-state index in [4.69, 9.17) is 10.2 Å².